The number of nitrogens with zero attached hydrogens (tertiary/aromatic N) is 4. The highest BCUT2D eigenvalue weighted by atomic mass is 32.2. The second-order valence-corrected chi connectivity index (χ2v) is 10.1. The number of rotatable bonds is 12. The summed E-state index contributed by atoms with van der Waals surface area (Å²) in [5.41, 5.74) is 3.33. The van der Waals surface area contributed by atoms with Crippen LogP contribution in [0.5, 0.6) is 5.75 Å². The van der Waals surface area contributed by atoms with Crippen molar-refractivity contribution in [2.75, 3.05) is 37.7 Å². The van der Waals surface area contributed by atoms with E-state index >= 15 is 0 Å². The number of ether oxygens (including phenoxy) is 1. The lowest BCUT2D eigenvalue weighted by Crippen LogP contribution is -2.40. The Hall–Kier alpha value is -3.30. The van der Waals surface area contributed by atoms with Crippen molar-refractivity contribution in [1.82, 2.24) is 14.7 Å². The second kappa shape index (κ2) is 12.3. The number of fused-ring (bicyclic) bond motifs is 2. The molecular weight excluding hydrogens is 484 g/mol. The number of para-hydroxylation sites is 2. The van der Waals surface area contributed by atoms with Gasteiger partial charge in [-0.3, -0.25) is 9.58 Å². The largest absolute Gasteiger partial charge is 0.492 e. The first-order valence-electron chi connectivity index (χ1n) is 12.5. The van der Waals surface area contributed by atoms with Gasteiger partial charge in [-0.1, -0.05) is 48.2 Å². The van der Waals surface area contributed by atoms with E-state index in [4.69, 9.17) is 4.74 Å². The first-order chi connectivity index (χ1) is 18.2. The van der Waals surface area contributed by atoms with Gasteiger partial charge in [-0.05, 0) is 48.0 Å². The van der Waals surface area contributed by atoms with E-state index < -0.39 is 6.10 Å². The first-order valence-corrected chi connectivity index (χ1v) is 13.3. The fourth-order valence-corrected chi connectivity index (χ4v) is 5.66. The molecule has 192 valence electrons. The quantitative estimate of drug-likeness (QED) is 0.289. The van der Waals surface area contributed by atoms with Crippen molar-refractivity contribution in [1.29, 1.82) is 0 Å². The zero-order chi connectivity index (χ0) is 25.5. The molecule has 1 unspecified atom stereocenters. The number of hydrogen-bond donors (Lipinski definition) is 2. The number of benzene rings is 3. The van der Waals surface area contributed by atoms with Crippen LogP contribution < -0.4 is 9.64 Å². The molecule has 0 saturated heterocycles. The molecule has 0 saturated carbocycles. The van der Waals surface area contributed by atoms with E-state index in [-0.39, 0.29) is 6.61 Å². The standard InChI is InChI=1S/C29H32N4O3S/c34-18-16-31(20-23-10-12-25(13-11-23)36-19-17-32-15-5-14-30-32)21-24(35)22-33-26-6-1-3-8-28(26)37-29-9-4-2-7-27(29)33/h1-15,24,34-35H,16-22H2. The molecule has 7 nitrogen and oxygen atoms in total. The van der Waals surface area contributed by atoms with Crippen molar-refractivity contribution in [3.8, 4) is 5.75 Å². The molecule has 3 aromatic carbocycles. The predicted octanol–water partition coefficient (Wildman–Crippen LogP) is 4.42. The number of aliphatic hydroxyl groups is 2. The molecule has 1 atom stereocenters. The van der Waals surface area contributed by atoms with Gasteiger partial charge in [0.05, 0.1) is 37.2 Å². The summed E-state index contributed by atoms with van der Waals surface area (Å²) < 4.78 is 7.67. The molecule has 0 aliphatic carbocycles. The summed E-state index contributed by atoms with van der Waals surface area (Å²) in [6, 6.07) is 26.5. The number of anilines is 2. The van der Waals surface area contributed by atoms with Crippen molar-refractivity contribution < 1.29 is 14.9 Å². The summed E-state index contributed by atoms with van der Waals surface area (Å²) in [7, 11) is 0. The summed E-state index contributed by atoms with van der Waals surface area (Å²) in [6.07, 6.45) is 3.08. The van der Waals surface area contributed by atoms with Gasteiger partial charge in [0.15, 0.2) is 0 Å². The normalized spacial score (nSPS) is 13.3. The summed E-state index contributed by atoms with van der Waals surface area (Å²) in [5.74, 6) is 0.810. The van der Waals surface area contributed by atoms with Gasteiger partial charge in [0.25, 0.3) is 0 Å². The first kappa shape index (κ1) is 25.4. The van der Waals surface area contributed by atoms with Crippen molar-refractivity contribution in [2.45, 2.75) is 29.0 Å². The van der Waals surface area contributed by atoms with Gasteiger partial charge >= 0.3 is 0 Å². The van der Waals surface area contributed by atoms with Gasteiger partial charge in [-0.15, -0.1) is 0 Å². The fraction of sp³-hybridized carbons (Fsp3) is 0.276. The van der Waals surface area contributed by atoms with E-state index in [0.29, 0.717) is 39.3 Å². The zero-order valence-corrected chi connectivity index (χ0v) is 21.5. The maximum absolute atomic E-state index is 11.1. The van der Waals surface area contributed by atoms with E-state index in [9.17, 15) is 10.2 Å². The molecule has 1 aromatic heterocycles. The SMILES string of the molecule is OCCN(Cc1ccc(OCCn2cccn2)cc1)CC(O)CN1c2ccccc2Sc2ccccc21. The molecule has 4 aromatic rings. The molecule has 37 heavy (non-hydrogen) atoms. The molecule has 0 fully saturated rings. The van der Waals surface area contributed by atoms with Crippen LogP contribution in [0.4, 0.5) is 11.4 Å². The molecule has 2 N–H and O–H groups in total. The average Bonchev–Trinajstić information content (AvgIpc) is 3.43. The van der Waals surface area contributed by atoms with E-state index in [1.165, 1.54) is 9.79 Å². The maximum Gasteiger partial charge on any atom is 0.119 e. The Morgan fingerprint density at radius 3 is 2.27 bits per heavy atom. The molecule has 2 heterocycles. The molecule has 1 aliphatic rings. The molecule has 8 heteroatoms. The highest BCUT2D eigenvalue weighted by molar-refractivity contribution is 7.99. The van der Waals surface area contributed by atoms with Crippen molar-refractivity contribution >= 4 is 23.1 Å². The van der Waals surface area contributed by atoms with Crippen LogP contribution in [0, 0.1) is 0 Å². The van der Waals surface area contributed by atoms with Crippen LogP contribution in [0.2, 0.25) is 0 Å². The third kappa shape index (κ3) is 6.53. The lowest BCUT2D eigenvalue weighted by Gasteiger charge is -2.35. The zero-order valence-electron chi connectivity index (χ0n) is 20.7. The van der Waals surface area contributed by atoms with Gasteiger partial charge in [0.1, 0.15) is 12.4 Å². The molecule has 5 rings (SSSR count). The Balaban J connectivity index is 1.19. The second-order valence-electron chi connectivity index (χ2n) is 9.02. The summed E-state index contributed by atoms with van der Waals surface area (Å²) >= 11 is 1.76. The Morgan fingerprint density at radius 2 is 1.62 bits per heavy atom. The van der Waals surface area contributed by atoms with Crippen LogP contribution in [-0.2, 0) is 13.1 Å². The summed E-state index contributed by atoms with van der Waals surface area (Å²) in [4.78, 5) is 6.67. The lowest BCUT2D eigenvalue weighted by molar-refractivity contribution is 0.100. The molecule has 0 spiro atoms. The van der Waals surface area contributed by atoms with E-state index in [0.717, 1.165) is 22.7 Å². The highest BCUT2D eigenvalue weighted by Crippen LogP contribution is 2.47. The molecule has 0 bridgehead atoms. The molecule has 1 aliphatic heterocycles. The van der Waals surface area contributed by atoms with Crippen LogP contribution in [0.25, 0.3) is 0 Å². The molecule has 0 radical (unpaired) electrons. The van der Waals surface area contributed by atoms with Crippen LogP contribution in [0.3, 0.4) is 0 Å². The minimum atomic E-state index is -0.597. The topological polar surface area (TPSA) is 74.0 Å². The van der Waals surface area contributed by atoms with Gasteiger partial charge in [0.2, 0.25) is 0 Å². The lowest BCUT2D eigenvalue weighted by atomic mass is 10.1. The Labute approximate surface area is 221 Å². The summed E-state index contributed by atoms with van der Waals surface area (Å²) in [5, 5.41) is 25.0. The van der Waals surface area contributed by atoms with E-state index in [2.05, 4.69) is 39.2 Å². The predicted molar refractivity (Wildman–Crippen MR) is 147 cm³/mol. The number of β-amino-alcohol motifs (C(OH)–C–C–N with tert-alkyl or cyclic N) is 1. The van der Waals surface area contributed by atoms with Gasteiger partial charge in [-0.2, -0.15) is 5.10 Å². The third-order valence-corrected chi connectivity index (χ3v) is 7.42. The van der Waals surface area contributed by atoms with Crippen LogP contribution in [0.1, 0.15) is 5.56 Å². The number of aliphatic hydroxyl groups excluding tert-OH is 2. The van der Waals surface area contributed by atoms with Crippen molar-refractivity contribution in [3.63, 3.8) is 0 Å². The van der Waals surface area contributed by atoms with Crippen LogP contribution in [0.15, 0.2) is 101 Å². The molecule has 0 amide bonds. The number of hydrogen-bond acceptors (Lipinski definition) is 7. The van der Waals surface area contributed by atoms with Gasteiger partial charge in [-0.25, -0.2) is 0 Å². The van der Waals surface area contributed by atoms with E-state index in [1.807, 2.05) is 65.5 Å². The Kier molecular flexibility index (Phi) is 8.42. The Morgan fingerprint density at radius 1 is 0.919 bits per heavy atom. The van der Waals surface area contributed by atoms with Gasteiger partial charge < -0.3 is 19.8 Å². The van der Waals surface area contributed by atoms with Gasteiger partial charge in [0, 0.05) is 41.8 Å². The fourth-order valence-electron chi connectivity index (χ4n) is 4.56. The van der Waals surface area contributed by atoms with E-state index in [1.54, 1.807) is 18.0 Å². The monoisotopic (exact) mass is 516 g/mol. The minimum Gasteiger partial charge on any atom is -0.492 e. The van der Waals surface area contributed by atoms with Crippen LogP contribution in [-0.4, -0.2) is 63.8 Å². The third-order valence-electron chi connectivity index (χ3n) is 6.29. The number of aromatic nitrogens is 2. The van der Waals surface area contributed by atoms with Crippen molar-refractivity contribution in [2.24, 2.45) is 0 Å². The average molecular weight is 517 g/mol. The minimum absolute atomic E-state index is 0.0351. The summed E-state index contributed by atoms with van der Waals surface area (Å²) in [6.45, 7) is 3.33. The Bertz CT molecular complexity index is 1220. The smallest absolute Gasteiger partial charge is 0.119 e. The van der Waals surface area contributed by atoms with Crippen molar-refractivity contribution in [3.05, 3.63) is 96.8 Å². The highest BCUT2D eigenvalue weighted by Gasteiger charge is 2.25. The molecular formula is C29H32N4O3S. The maximum atomic E-state index is 11.1. The van der Waals surface area contributed by atoms with Crippen LogP contribution >= 0.6 is 11.8 Å².